The zero-order valence-corrected chi connectivity index (χ0v) is 5.87. The van der Waals surface area contributed by atoms with Gasteiger partial charge in [0.25, 0.3) is 0 Å². The Morgan fingerprint density at radius 2 is 2.33 bits per heavy atom. The first kappa shape index (κ1) is 3.22. The fraction of sp³-hybridized carbons (Fsp3) is 0. The van der Waals surface area contributed by atoms with Crippen LogP contribution in [0.3, 0.4) is 0 Å². The van der Waals surface area contributed by atoms with Crippen LogP contribution in [0.2, 0.25) is 0 Å². The standard InChI is InChI=1S/C7H7N5/c8-6-3-11-12(5-6)7-4-9-1-2-10-7/h1-5H,8H2/i1D,2D,3D,4D,5D. The number of nitrogens with zero attached hydrogens (tertiary/aromatic N) is 4. The number of anilines is 1. The number of aromatic nitrogens is 4. The normalized spacial score (nSPS) is 15.8. The lowest BCUT2D eigenvalue weighted by atomic mass is 10.6. The molecule has 2 rings (SSSR count). The van der Waals surface area contributed by atoms with E-state index in [-0.39, 0.29) is 23.9 Å². The highest BCUT2D eigenvalue weighted by Crippen LogP contribution is 2.03. The van der Waals surface area contributed by atoms with Crippen molar-refractivity contribution in [1.29, 1.82) is 0 Å². The minimum absolute atomic E-state index is 0.146. The molecular formula is C7H7N5. The molecule has 0 fully saturated rings. The molecule has 0 saturated heterocycles. The van der Waals surface area contributed by atoms with Crippen molar-refractivity contribution >= 4 is 5.69 Å². The number of hydrogen-bond acceptors (Lipinski definition) is 4. The van der Waals surface area contributed by atoms with Gasteiger partial charge >= 0.3 is 0 Å². The molecule has 0 aliphatic carbocycles. The molecule has 0 spiro atoms. The summed E-state index contributed by atoms with van der Waals surface area (Å²) in [6.07, 6.45) is -1.87. The number of rotatable bonds is 1. The second-order valence-electron chi connectivity index (χ2n) is 1.93. The Hall–Kier alpha value is -1.91. The van der Waals surface area contributed by atoms with Gasteiger partial charge in [-0.15, -0.1) is 0 Å². The average Bonchev–Trinajstić information content (AvgIpc) is 2.51. The van der Waals surface area contributed by atoms with Gasteiger partial charge < -0.3 is 5.73 Å². The monoisotopic (exact) mass is 166 g/mol. The van der Waals surface area contributed by atoms with E-state index in [4.69, 9.17) is 12.6 Å². The van der Waals surface area contributed by atoms with Gasteiger partial charge in [0.1, 0.15) is 0 Å². The quantitative estimate of drug-likeness (QED) is 0.659. The average molecular weight is 166 g/mol. The highest BCUT2D eigenvalue weighted by molar-refractivity contribution is 5.33. The van der Waals surface area contributed by atoms with Crippen molar-refractivity contribution in [2.45, 2.75) is 0 Å². The van der Waals surface area contributed by atoms with Gasteiger partial charge in [-0.2, -0.15) is 5.10 Å². The van der Waals surface area contributed by atoms with Crippen LogP contribution in [-0.4, -0.2) is 19.7 Å². The first-order valence-corrected chi connectivity index (χ1v) is 3.05. The minimum atomic E-state index is -0.434. The Morgan fingerprint density at radius 1 is 1.42 bits per heavy atom. The van der Waals surface area contributed by atoms with E-state index in [1.807, 2.05) is 0 Å². The molecule has 0 bridgehead atoms. The van der Waals surface area contributed by atoms with E-state index in [0.717, 1.165) is 4.68 Å². The topological polar surface area (TPSA) is 69.6 Å². The number of nitrogen functional groups attached to an aromatic ring is 1. The third-order valence-corrected chi connectivity index (χ3v) is 1.12. The first-order valence-electron chi connectivity index (χ1n) is 5.55. The second kappa shape index (κ2) is 2.61. The number of nitrogens with two attached hydrogens (primary N) is 1. The van der Waals surface area contributed by atoms with Gasteiger partial charge in [-0.3, -0.25) is 4.98 Å². The summed E-state index contributed by atoms with van der Waals surface area (Å²) < 4.78 is 37.8. The van der Waals surface area contributed by atoms with E-state index in [2.05, 4.69) is 15.1 Å². The van der Waals surface area contributed by atoms with Crippen molar-refractivity contribution in [3.8, 4) is 5.82 Å². The predicted molar refractivity (Wildman–Crippen MR) is 43.6 cm³/mol. The highest BCUT2D eigenvalue weighted by atomic mass is 15.3. The van der Waals surface area contributed by atoms with E-state index >= 15 is 0 Å². The summed E-state index contributed by atoms with van der Waals surface area (Å²) in [7, 11) is 0. The lowest BCUT2D eigenvalue weighted by Gasteiger charge is -1.95. The molecule has 5 heteroatoms. The molecule has 5 nitrogen and oxygen atoms in total. The third kappa shape index (κ3) is 1.12. The molecule has 0 amide bonds. The Balaban J connectivity index is 2.68. The summed E-state index contributed by atoms with van der Waals surface area (Å²) in [5, 5.41) is 3.62. The van der Waals surface area contributed by atoms with Crippen molar-refractivity contribution in [3.05, 3.63) is 30.9 Å². The van der Waals surface area contributed by atoms with Gasteiger partial charge in [-0.05, 0) is 0 Å². The Kier molecular flexibility index (Phi) is 0.701. The maximum absolute atomic E-state index is 7.57. The fourth-order valence-corrected chi connectivity index (χ4v) is 0.669. The summed E-state index contributed by atoms with van der Waals surface area (Å²) in [4.78, 5) is 7.10. The summed E-state index contributed by atoms with van der Waals surface area (Å²) in [6, 6.07) is 0. The molecule has 2 N–H and O–H groups in total. The fourth-order valence-electron chi connectivity index (χ4n) is 0.669. The van der Waals surface area contributed by atoms with Gasteiger partial charge in [-0.1, -0.05) is 0 Å². The van der Waals surface area contributed by atoms with Crippen molar-refractivity contribution in [3.63, 3.8) is 0 Å². The van der Waals surface area contributed by atoms with E-state index in [1.54, 1.807) is 0 Å². The summed E-state index contributed by atoms with van der Waals surface area (Å²) >= 11 is 0. The van der Waals surface area contributed by atoms with Crippen molar-refractivity contribution in [1.82, 2.24) is 19.7 Å². The lowest BCUT2D eigenvalue weighted by Crippen LogP contribution is -1.97. The maximum Gasteiger partial charge on any atom is 0.171 e. The SMILES string of the molecule is [2H]c1nc([2H])c(-n2nc([2H])c(N)c2[2H])nc1[2H]. The zero-order valence-electron chi connectivity index (χ0n) is 10.9. The Bertz CT molecular complexity index is 595. The molecule has 2 aromatic heterocycles. The zero-order chi connectivity index (χ0) is 12.7. The molecule has 0 aromatic carbocycles. The lowest BCUT2D eigenvalue weighted by molar-refractivity contribution is 0.838. The van der Waals surface area contributed by atoms with Crippen LogP contribution in [0.1, 0.15) is 6.85 Å². The Morgan fingerprint density at radius 3 is 3.08 bits per heavy atom. The minimum Gasteiger partial charge on any atom is -0.396 e. The molecule has 60 valence electrons. The molecular weight excluding hydrogens is 154 g/mol. The van der Waals surface area contributed by atoms with Crippen LogP contribution in [-0.2, 0) is 0 Å². The molecule has 2 heterocycles. The largest absolute Gasteiger partial charge is 0.396 e. The summed E-state index contributed by atoms with van der Waals surface area (Å²) in [5.74, 6) is -0.193. The molecule has 0 aliphatic rings. The van der Waals surface area contributed by atoms with Crippen LogP contribution < -0.4 is 5.73 Å². The van der Waals surface area contributed by atoms with Crippen LogP contribution in [0.25, 0.3) is 5.82 Å². The molecule has 12 heavy (non-hydrogen) atoms. The second-order valence-corrected chi connectivity index (χ2v) is 1.93. The maximum atomic E-state index is 7.57. The van der Waals surface area contributed by atoms with Crippen LogP contribution in [0.4, 0.5) is 5.69 Å². The molecule has 0 aliphatic heterocycles. The summed E-state index contributed by atoms with van der Waals surface area (Å²) in [6.45, 7) is 0. The van der Waals surface area contributed by atoms with Crippen molar-refractivity contribution in [2.24, 2.45) is 0 Å². The van der Waals surface area contributed by atoms with E-state index < -0.39 is 18.5 Å². The smallest absolute Gasteiger partial charge is 0.171 e. The Labute approximate surface area is 75.9 Å². The number of hydrogen-bond donors (Lipinski definition) is 1. The predicted octanol–water partition coefficient (Wildman–Crippen LogP) is 0.244. The third-order valence-electron chi connectivity index (χ3n) is 1.12. The van der Waals surface area contributed by atoms with Crippen LogP contribution in [0.15, 0.2) is 30.9 Å². The highest BCUT2D eigenvalue weighted by Gasteiger charge is 1.97. The van der Waals surface area contributed by atoms with Crippen molar-refractivity contribution < 1.29 is 6.85 Å². The molecule has 0 atom stereocenters. The van der Waals surface area contributed by atoms with Crippen LogP contribution in [0.5, 0.6) is 0 Å². The van der Waals surface area contributed by atoms with Gasteiger partial charge in [-0.25, -0.2) is 9.67 Å². The van der Waals surface area contributed by atoms with E-state index in [0.29, 0.717) is 0 Å². The molecule has 0 radical (unpaired) electrons. The van der Waals surface area contributed by atoms with Gasteiger partial charge in [0, 0.05) is 12.3 Å². The van der Waals surface area contributed by atoms with Gasteiger partial charge in [0.15, 0.2) is 5.82 Å². The first-order chi connectivity index (χ1) is 7.91. The van der Waals surface area contributed by atoms with Crippen molar-refractivity contribution in [2.75, 3.05) is 5.73 Å². The van der Waals surface area contributed by atoms with E-state index in [9.17, 15) is 0 Å². The van der Waals surface area contributed by atoms with Crippen LogP contribution in [0, 0.1) is 0 Å². The molecule has 0 unspecified atom stereocenters. The molecule has 0 saturated carbocycles. The summed E-state index contributed by atoms with van der Waals surface area (Å²) in [5.41, 5.74) is 5.26. The van der Waals surface area contributed by atoms with Crippen LogP contribution >= 0.6 is 0 Å². The van der Waals surface area contributed by atoms with E-state index in [1.165, 1.54) is 0 Å². The van der Waals surface area contributed by atoms with Gasteiger partial charge in [0.05, 0.1) is 31.1 Å². The van der Waals surface area contributed by atoms with Gasteiger partial charge in [0.2, 0.25) is 0 Å². The molecule has 2 aromatic rings.